The SMILES string of the molecule is COC(=O)c1c(NC(=O)c2ccc(N(C)S(=O)(=O)c3ccc(Cl)cc3)cc2)sc2c1CCC2. The Bertz CT molecular complexity index is 1320. The van der Waals surface area contributed by atoms with E-state index in [1.165, 1.54) is 61.9 Å². The number of thiophene rings is 1. The second kappa shape index (κ2) is 9.17. The lowest BCUT2D eigenvalue weighted by atomic mass is 10.1. The van der Waals surface area contributed by atoms with Crippen LogP contribution in [-0.2, 0) is 27.6 Å². The number of methoxy groups -OCH3 is 1. The lowest BCUT2D eigenvalue weighted by molar-refractivity contribution is 0.0601. The molecule has 172 valence electrons. The van der Waals surface area contributed by atoms with E-state index in [9.17, 15) is 18.0 Å². The first-order valence-electron chi connectivity index (χ1n) is 10.1. The molecule has 1 aromatic heterocycles. The number of benzene rings is 2. The number of anilines is 2. The lowest BCUT2D eigenvalue weighted by Crippen LogP contribution is -2.26. The monoisotopic (exact) mass is 504 g/mol. The molecule has 0 saturated heterocycles. The number of hydrogen-bond donors (Lipinski definition) is 1. The summed E-state index contributed by atoms with van der Waals surface area (Å²) in [5.74, 6) is -0.857. The normalized spacial score (nSPS) is 12.8. The molecular weight excluding hydrogens is 484 g/mol. The molecule has 10 heteroatoms. The summed E-state index contributed by atoms with van der Waals surface area (Å²) in [6, 6.07) is 12.1. The van der Waals surface area contributed by atoms with E-state index in [4.69, 9.17) is 16.3 Å². The first-order chi connectivity index (χ1) is 15.7. The van der Waals surface area contributed by atoms with Crippen molar-refractivity contribution in [2.75, 3.05) is 23.8 Å². The van der Waals surface area contributed by atoms with Gasteiger partial charge in [-0.3, -0.25) is 9.10 Å². The van der Waals surface area contributed by atoms with Gasteiger partial charge in [0.25, 0.3) is 15.9 Å². The van der Waals surface area contributed by atoms with Gasteiger partial charge in [-0.2, -0.15) is 0 Å². The van der Waals surface area contributed by atoms with Crippen LogP contribution in [0.4, 0.5) is 10.7 Å². The van der Waals surface area contributed by atoms with Gasteiger partial charge in [-0.05, 0) is 73.4 Å². The zero-order valence-electron chi connectivity index (χ0n) is 17.9. The van der Waals surface area contributed by atoms with Gasteiger partial charge in [0.05, 0.1) is 23.3 Å². The fraction of sp³-hybridized carbons (Fsp3) is 0.217. The maximum atomic E-state index is 12.9. The van der Waals surface area contributed by atoms with Crippen LogP contribution in [-0.4, -0.2) is 34.5 Å². The highest BCUT2D eigenvalue weighted by molar-refractivity contribution is 7.92. The third-order valence-electron chi connectivity index (χ3n) is 5.50. The number of halogens is 1. The summed E-state index contributed by atoms with van der Waals surface area (Å²) in [5.41, 5.74) is 2.10. The van der Waals surface area contributed by atoms with E-state index in [0.717, 1.165) is 34.0 Å². The second-order valence-corrected chi connectivity index (χ2v) is 11.0. The van der Waals surface area contributed by atoms with Gasteiger partial charge < -0.3 is 10.1 Å². The fourth-order valence-electron chi connectivity index (χ4n) is 3.71. The summed E-state index contributed by atoms with van der Waals surface area (Å²) in [5, 5.41) is 3.73. The topological polar surface area (TPSA) is 92.8 Å². The Morgan fingerprint density at radius 2 is 1.73 bits per heavy atom. The number of aryl methyl sites for hydroxylation is 1. The van der Waals surface area contributed by atoms with E-state index in [2.05, 4.69) is 5.32 Å². The van der Waals surface area contributed by atoms with Crippen molar-refractivity contribution in [2.45, 2.75) is 24.2 Å². The average molecular weight is 505 g/mol. The van der Waals surface area contributed by atoms with Crippen molar-refractivity contribution in [3.8, 4) is 0 Å². The van der Waals surface area contributed by atoms with E-state index >= 15 is 0 Å². The predicted octanol–water partition coefficient (Wildman–Crippen LogP) is 4.75. The Labute approximate surface area is 201 Å². The zero-order valence-corrected chi connectivity index (χ0v) is 20.3. The molecule has 3 aromatic rings. The van der Waals surface area contributed by atoms with Gasteiger partial charge in [0, 0.05) is 22.5 Å². The van der Waals surface area contributed by atoms with Crippen molar-refractivity contribution in [1.82, 2.24) is 0 Å². The molecule has 2 aromatic carbocycles. The molecule has 1 heterocycles. The van der Waals surface area contributed by atoms with Crippen LogP contribution in [0.3, 0.4) is 0 Å². The molecule has 1 aliphatic carbocycles. The van der Waals surface area contributed by atoms with Crippen LogP contribution in [0.5, 0.6) is 0 Å². The number of fused-ring (bicyclic) bond motifs is 1. The van der Waals surface area contributed by atoms with Gasteiger partial charge >= 0.3 is 5.97 Å². The van der Waals surface area contributed by atoms with Crippen molar-refractivity contribution in [2.24, 2.45) is 0 Å². The first-order valence-corrected chi connectivity index (χ1v) is 12.7. The van der Waals surface area contributed by atoms with Crippen LogP contribution >= 0.6 is 22.9 Å². The Morgan fingerprint density at radius 3 is 2.36 bits per heavy atom. The molecule has 0 fully saturated rings. The number of carbonyl (C=O) groups excluding carboxylic acids is 2. The van der Waals surface area contributed by atoms with Crippen LogP contribution < -0.4 is 9.62 Å². The number of esters is 1. The molecule has 0 radical (unpaired) electrons. The molecule has 0 atom stereocenters. The summed E-state index contributed by atoms with van der Waals surface area (Å²) in [7, 11) is -1.02. The second-order valence-electron chi connectivity index (χ2n) is 7.48. The van der Waals surface area contributed by atoms with Crippen molar-refractivity contribution >= 4 is 55.5 Å². The highest BCUT2D eigenvalue weighted by atomic mass is 35.5. The number of amides is 1. The van der Waals surface area contributed by atoms with Crippen LogP contribution in [0.25, 0.3) is 0 Å². The van der Waals surface area contributed by atoms with Crippen molar-refractivity contribution in [3.05, 3.63) is 75.1 Å². The smallest absolute Gasteiger partial charge is 0.341 e. The molecular formula is C23H21ClN2O5S2. The molecule has 0 bridgehead atoms. The third kappa shape index (κ3) is 4.48. The number of hydrogen-bond acceptors (Lipinski definition) is 6. The Balaban J connectivity index is 1.54. The molecule has 33 heavy (non-hydrogen) atoms. The van der Waals surface area contributed by atoms with Gasteiger partial charge in [-0.15, -0.1) is 11.3 Å². The number of nitrogens with zero attached hydrogens (tertiary/aromatic N) is 1. The summed E-state index contributed by atoms with van der Waals surface area (Å²) < 4.78 is 31.8. The lowest BCUT2D eigenvalue weighted by Gasteiger charge is -2.19. The van der Waals surface area contributed by atoms with Gasteiger partial charge in [0.15, 0.2) is 0 Å². The molecule has 0 spiro atoms. The largest absolute Gasteiger partial charge is 0.465 e. The van der Waals surface area contributed by atoms with E-state index in [1.807, 2.05) is 0 Å². The minimum Gasteiger partial charge on any atom is -0.465 e. The molecule has 0 aliphatic heterocycles. The van der Waals surface area contributed by atoms with Crippen LogP contribution in [0.2, 0.25) is 5.02 Å². The maximum absolute atomic E-state index is 12.9. The Morgan fingerprint density at radius 1 is 1.06 bits per heavy atom. The highest BCUT2D eigenvalue weighted by Crippen LogP contribution is 2.39. The van der Waals surface area contributed by atoms with Gasteiger partial charge in [0.1, 0.15) is 5.00 Å². The average Bonchev–Trinajstić information content (AvgIpc) is 3.39. The predicted molar refractivity (Wildman–Crippen MR) is 129 cm³/mol. The summed E-state index contributed by atoms with van der Waals surface area (Å²) in [4.78, 5) is 26.3. The fourth-order valence-corrected chi connectivity index (χ4v) is 6.31. The molecule has 0 unspecified atom stereocenters. The van der Waals surface area contributed by atoms with Crippen molar-refractivity contribution < 1.29 is 22.7 Å². The Kier molecular flexibility index (Phi) is 6.47. The van der Waals surface area contributed by atoms with Gasteiger partial charge in [0.2, 0.25) is 0 Å². The number of sulfonamides is 1. The van der Waals surface area contributed by atoms with Gasteiger partial charge in [-0.25, -0.2) is 13.2 Å². The molecule has 1 N–H and O–H groups in total. The molecule has 0 saturated carbocycles. The number of nitrogens with one attached hydrogen (secondary N) is 1. The summed E-state index contributed by atoms with van der Waals surface area (Å²) in [6.45, 7) is 0. The Hall–Kier alpha value is -2.88. The number of ether oxygens (including phenoxy) is 1. The zero-order chi connectivity index (χ0) is 23.8. The summed E-state index contributed by atoms with van der Waals surface area (Å²) in [6.07, 6.45) is 2.64. The maximum Gasteiger partial charge on any atom is 0.341 e. The molecule has 1 aliphatic rings. The van der Waals surface area contributed by atoms with E-state index < -0.39 is 21.9 Å². The minimum atomic E-state index is -3.78. The number of carbonyl (C=O) groups is 2. The number of rotatable bonds is 6. The van der Waals surface area contributed by atoms with Crippen LogP contribution in [0.1, 0.15) is 37.6 Å². The van der Waals surface area contributed by atoms with Crippen LogP contribution in [0.15, 0.2) is 53.4 Å². The van der Waals surface area contributed by atoms with Crippen LogP contribution in [0, 0.1) is 0 Å². The molecule has 7 nitrogen and oxygen atoms in total. The highest BCUT2D eigenvalue weighted by Gasteiger charge is 2.28. The van der Waals surface area contributed by atoms with E-state index in [0.29, 0.717) is 26.8 Å². The van der Waals surface area contributed by atoms with Gasteiger partial charge in [-0.1, -0.05) is 11.6 Å². The third-order valence-corrected chi connectivity index (χ3v) is 8.76. The molecule has 1 amide bonds. The minimum absolute atomic E-state index is 0.109. The van der Waals surface area contributed by atoms with E-state index in [1.54, 1.807) is 12.1 Å². The first kappa shape index (κ1) is 23.3. The summed E-state index contributed by atoms with van der Waals surface area (Å²) >= 11 is 7.24. The van der Waals surface area contributed by atoms with Crippen molar-refractivity contribution in [1.29, 1.82) is 0 Å². The molecule has 4 rings (SSSR count). The van der Waals surface area contributed by atoms with E-state index in [-0.39, 0.29) is 4.90 Å². The quantitative estimate of drug-likeness (QED) is 0.489. The van der Waals surface area contributed by atoms with Crippen molar-refractivity contribution in [3.63, 3.8) is 0 Å². The standard InChI is InChI=1S/C23H21ClN2O5S2/c1-26(33(29,30)17-12-8-15(24)9-13-17)16-10-6-14(7-11-16)21(27)25-22-20(23(28)31-2)18-4-3-5-19(18)32-22/h6-13H,3-5H2,1-2H3,(H,25,27).